The maximum atomic E-state index is 8.82. The van der Waals surface area contributed by atoms with E-state index >= 15 is 0 Å². The molecule has 0 aromatic heterocycles. The zero-order valence-electron chi connectivity index (χ0n) is 10.9. The van der Waals surface area contributed by atoms with Gasteiger partial charge in [-0.25, -0.2) is 0 Å². The first kappa shape index (κ1) is 12.4. The van der Waals surface area contributed by atoms with Crippen molar-refractivity contribution >= 4 is 0 Å². The van der Waals surface area contributed by atoms with Crippen molar-refractivity contribution in [2.75, 3.05) is 0 Å². The third-order valence-corrected chi connectivity index (χ3v) is 3.11. The van der Waals surface area contributed by atoms with Crippen molar-refractivity contribution in [3.05, 3.63) is 59.2 Å². The molecule has 90 valence electrons. The van der Waals surface area contributed by atoms with Crippen molar-refractivity contribution in [2.24, 2.45) is 0 Å². The van der Waals surface area contributed by atoms with Crippen molar-refractivity contribution in [3.8, 4) is 17.2 Å². The van der Waals surface area contributed by atoms with Gasteiger partial charge in [-0.1, -0.05) is 49.2 Å². The van der Waals surface area contributed by atoms with Gasteiger partial charge in [-0.15, -0.1) is 0 Å². The van der Waals surface area contributed by atoms with E-state index in [2.05, 4.69) is 38.1 Å². The summed E-state index contributed by atoms with van der Waals surface area (Å²) in [7, 11) is 0. The maximum Gasteiger partial charge on any atom is 0.0991 e. The normalized spacial score (nSPS) is 10.1. The molecular weight excluding hydrogens is 218 g/mol. The number of nitrogens with zero attached hydrogens (tertiary/aromatic N) is 1. The fraction of sp³-hybridized carbons (Fsp3) is 0.235. The molecule has 0 heterocycles. The highest BCUT2D eigenvalue weighted by molar-refractivity contribution is 5.68. The fourth-order valence-corrected chi connectivity index (χ4v) is 2.20. The molecule has 18 heavy (non-hydrogen) atoms. The highest BCUT2D eigenvalue weighted by atomic mass is 14.2. The smallest absolute Gasteiger partial charge is 0.0991 e. The van der Waals surface area contributed by atoms with Crippen LogP contribution in [-0.4, -0.2) is 0 Å². The minimum atomic E-state index is 0.711. The molecule has 0 aliphatic rings. The van der Waals surface area contributed by atoms with E-state index in [-0.39, 0.29) is 0 Å². The highest BCUT2D eigenvalue weighted by Gasteiger charge is 2.05. The Labute approximate surface area is 109 Å². The van der Waals surface area contributed by atoms with Crippen LogP contribution in [0.25, 0.3) is 11.1 Å². The number of hydrogen-bond donors (Lipinski definition) is 0. The average molecular weight is 235 g/mol. The van der Waals surface area contributed by atoms with Gasteiger partial charge in [0.2, 0.25) is 0 Å². The van der Waals surface area contributed by atoms with Crippen molar-refractivity contribution < 1.29 is 0 Å². The summed E-state index contributed by atoms with van der Waals surface area (Å²) in [5.74, 6) is 0. The molecule has 0 aliphatic carbocycles. The van der Waals surface area contributed by atoms with E-state index < -0.39 is 0 Å². The molecule has 0 bridgehead atoms. The lowest BCUT2D eigenvalue weighted by molar-refractivity contribution is 0.922. The Bertz CT molecular complexity index is 574. The summed E-state index contributed by atoms with van der Waals surface area (Å²) in [6, 6.07) is 16.6. The van der Waals surface area contributed by atoms with Gasteiger partial charge in [0, 0.05) is 0 Å². The molecule has 0 saturated heterocycles. The molecule has 0 fully saturated rings. The summed E-state index contributed by atoms with van der Waals surface area (Å²) in [6.45, 7) is 4.33. The number of nitriles is 1. The van der Waals surface area contributed by atoms with Gasteiger partial charge in [0.15, 0.2) is 0 Å². The first-order valence-electron chi connectivity index (χ1n) is 6.34. The zero-order chi connectivity index (χ0) is 13.0. The van der Waals surface area contributed by atoms with E-state index in [9.17, 15) is 0 Å². The second kappa shape index (κ2) is 5.51. The van der Waals surface area contributed by atoms with Gasteiger partial charge in [0.05, 0.1) is 11.6 Å². The van der Waals surface area contributed by atoms with Gasteiger partial charge >= 0.3 is 0 Å². The van der Waals surface area contributed by atoms with Crippen LogP contribution in [0.3, 0.4) is 0 Å². The van der Waals surface area contributed by atoms with E-state index in [0.29, 0.717) is 5.56 Å². The molecule has 2 rings (SSSR count). The van der Waals surface area contributed by atoms with Crippen molar-refractivity contribution in [3.63, 3.8) is 0 Å². The SMILES string of the molecule is CCCc1cc(C)ccc1-c1ccc(C#N)cc1. The fourth-order valence-electron chi connectivity index (χ4n) is 2.20. The van der Waals surface area contributed by atoms with Gasteiger partial charge in [-0.3, -0.25) is 0 Å². The van der Waals surface area contributed by atoms with Gasteiger partial charge < -0.3 is 0 Å². The molecule has 0 saturated carbocycles. The topological polar surface area (TPSA) is 23.8 Å². The maximum absolute atomic E-state index is 8.82. The van der Waals surface area contributed by atoms with E-state index in [0.717, 1.165) is 12.8 Å². The lowest BCUT2D eigenvalue weighted by atomic mass is 9.95. The predicted molar refractivity (Wildman–Crippen MR) is 75.3 cm³/mol. The summed E-state index contributed by atoms with van der Waals surface area (Å²) in [4.78, 5) is 0. The second-order valence-electron chi connectivity index (χ2n) is 4.60. The van der Waals surface area contributed by atoms with Crippen LogP contribution in [0.15, 0.2) is 42.5 Å². The summed E-state index contributed by atoms with van der Waals surface area (Å²) in [6.07, 6.45) is 2.24. The summed E-state index contributed by atoms with van der Waals surface area (Å²) < 4.78 is 0. The Hall–Kier alpha value is -2.07. The minimum Gasteiger partial charge on any atom is -0.192 e. The van der Waals surface area contributed by atoms with Crippen molar-refractivity contribution in [2.45, 2.75) is 26.7 Å². The molecule has 0 spiro atoms. The van der Waals surface area contributed by atoms with Gasteiger partial charge in [-0.2, -0.15) is 5.26 Å². The lowest BCUT2D eigenvalue weighted by Gasteiger charge is -2.10. The van der Waals surface area contributed by atoms with Crippen LogP contribution in [-0.2, 0) is 6.42 Å². The Balaban J connectivity index is 2.45. The Morgan fingerprint density at radius 1 is 1.06 bits per heavy atom. The average Bonchev–Trinajstić information content (AvgIpc) is 2.40. The van der Waals surface area contributed by atoms with Crippen LogP contribution in [0, 0.1) is 18.3 Å². The molecule has 0 unspecified atom stereocenters. The molecule has 2 aromatic carbocycles. The monoisotopic (exact) mass is 235 g/mol. The van der Waals surface area contributed by atoms with Crippen molar-refractivity contribution in [1.29, 1.82) is 5.26 Å². The number of aryl methyl sites for hydroxylation is 2. The Morgan fingerprint density at radius 2 is 1.78 bits per heavy atom. The summed E-state index contributed by atoms with van der Waals surface area (Å²) in [5, 5.41) is 8.82. The molecule has 0 N–H and O–H groups in total. The van der Waals surface area contributed by atoms with Crippen LogP contribution >= 0.6 is 0 Å². The molecule has 2 aromatic rings. The lowest BCUT2D eigenvalue weighted by Crippen LogP contribution is -1.91. The van der Waals surface area contributed by atoms with Crippen LogP contribution in [0.1, 0.15) is 30.0 Å². The molecule has 0 amide bonds. The highest BCUT2D eigenvalue weighted by Crippen LogP contribution is 2.26. The number of rotatable bonds is 3. The van der Waals surface area contributed by atoms with Crippen LogP contribution < -0.4 is 0 Å². The minimum absolute atomic E-state index is 0.711. The molecule has 0 radical (unpaired) electrons. The third kappa shape index (κ3) is 2.60. The molecule has 1 heteroatoms. The van der Waals surface area contributed by atoms with Gasteiger partial charge in [-0.05, 0) is 42.2 Å². The number of hydrogen-bond acceptors (Lipinski definition) is 1. The van der Waals surface area contributed by atoms with Crippen molar-refractivity contribution in [1.82, 2.24) is 0 Å². The first-order valence-corrected chi connectivity index (χ1v) is 6.34. The van der Waals surface area contributed by atoms with Gasteiger partial charge in [0.1, 0.15) is 0 Å². The van der Waals surface area contributed by atoms with E-state index in [1.807, 2.05) is 24.3 Å². The third-order valence-electron chi connectivity index (χ3n) is 3.11. The molecule has 0 atom stereocenters. The quantitative estimate of drug-likeness (QED) is 0.769. The largest absolute Gasteiger partial charge is 0.192 e. The summed E-state index contributed by atoms with van der Waals surface area (Å²) in [5.41, 5.74) is 5.88. The summed E-state index contributed by atoms with van der Waals surface area (Å²) >= 11 is 0. The number of benzene rings is 2. The van der Waals surface area contributed by atoms with Crippen LogP contribution in [0.4, 0.5) is 0 Å². The Kier molecular flexibility index (Phi) is 3.79. The Morgan fingerprint density at radius 3 is 2.39 bits per heavy atom. The van der Waals surface area contributed by atoms with Gasteiger partial charge in [0.25, 0.3) is 0 Å². The van der Waals surface area contributed by atoms with E-state index in [1.54, 1.807) is 0 Å². The van der Waals surface area contributed by atoms with Crippen LogP contribution in [0.5, 0.6) is 0 Å². The molecular formula is C17H17N. The first-order chi connectivity index (χ1) is 8.74. The zero-order valence-corrected chi connectivity index (χ0v) is 10.9. The van der Waals surface area contributed by atoms with E-state index in [1.165, 1.54) is 22.3 Å². The van der Waals surface area contributed by atoms with E-state index in [4.69, 9.17) is 5.26 Å². The predicted octanol–water partition coefficient (Wildman–Crippen LogP) is 4.49. The molecule has 0 aliphatic heterocycles. The molecule has 1 nitrogen and oxygen atoms in total. The van der Waals surface area contributed by atoms with Crippen LogP contribution in [0.2, 0.25) is 0 Å². The standard InChI is InChI=1S/C17H17N/c1-3-4-16-11-13(2)5-10-17(16)15-8-6-14(12-18)7-9-15/h5-11H,3-4H2,1-2H3. The second-order valence-corrected chi connectivity index (χ2v) is 4.60.